The van der Waals surface area contributed by atoms with Crippen LogP contribution in [0.5, 0.6) is 0 Å². The molecule has 0 spiro atoms. The van der Waals surface area contributed by atoms with Gasteiger partial charge in [0.1, 0.15) is 5.54 Å². The van der Waals surface area contributed by atoms with Crippen LogP contribution in [0.25, 0.3) is 0 Å². The van der Waals surface area contributed by atoms with E-state index in [1.807, 2.05) is 0 Å². The van der Waals surface area contributed by atoms with Crippen molar-refractivity contribution in [1.29, 1.82) is 0 Å². The number of hydrogen-bond donors (Lipinski definition) is 1. The molecule has 1 saturated carbocycles. The van der Waals surface area contributed by atoms with Crippen molar-refractivity contribution in [3.63, 3.8) is 0 Å². The smallest absolute Gasteiger partial charge is 0.331 e. The number of nitro benzene ring substituents is 1. The summed E-state index contributed by atoms with van der Waals surface area (Å²) in [5, 5.41) is 13.6. The molecule has 0 bridgehead atoms. The molecule has 1 aromatic carbocycles. The minimum atomic E-state index is -1.00. The van der Waals surface area contributed by atoms with Crippen LogP contribution in [0.3, 0.4) is 0 Å². The van der Waals surface area contributed by atoms with Gasteiger partial charge in [-0.25, -0.2) is 4.79 Å². The Labute approximate surface area is 134 Å². The molecule has 2 rings (SSSR count). The molecule has 0 saturated heterocycles. The van der Waals surface area contributed by atoms with Gasteiger partial charge in [-0.15, -0.1) is 0 Å². The molecule has 1 aromatic rings. The predicted molar refractivity (Wildman–Crippen MR) is 83.1 cm³/mol. The fourth-order valence-corrected chi connectivity index (χ4v) is 3.02. The summed E-state index contributed by atoms with van der Waals surface area (Å²) in [6.45, 7) is 1.57. The first-order valence-electron chi connectivity index (χ1n) is 7.55. The third-order valence-corrected chi connectivity index (χ3v) is 4.29. The molecule has 0 atom stereocenters. The van der Waals surface area contributed by atoms with Crippen molar-refractivity contribution in [2.75, 3.05) is 7.11 Å². The molecule has 1 N–H and O–H groups in total. The second-order valence-corrected chi connectivity index (χ2v) is 5.85. The number of methoxy groups -OCH3 is 1. The summed E-state index contributed by atoms with van der Waals surface area (Å²) in [4.78, 5) is 35.0. The first-order valence-corrected chi connectivity index (χ1v) is 7.55. The Hall–Kier alpha value is -2.44. The van der Waals surface area contributed by atoms with E-state index in [4.69, 9.17) is 4.74 Å². The molecule has 1 fully saturated rings. The number of nitro groups is 1. The molecule has 23 heavy (non-hydrogen) atoms. The molecule has 7 nitrogen and oxygen atoms in total. The van der Waals surface area contributed by atoms with Crippen LogP contribution in [0.1, 0.15) is 48.0 Å². The standard InChI is InChI=1S/C16H20N2O5/c1-11-10-12(6-7-13(11)18(21)22)14(19)17-16(15(20)23-2)8-4-3-5-9-16/h6-7,10H,3-5,8-9H2,1-2H3,(H,17,19). The molecule has 1 amide bonds. The lowest BCUT2D eigenvalue weighted by Crippen LogP contribution is -2.56. The highest BCUT2D eigenvalue weighted by Crippen LogP contribution is 2.30. The van der Waals surface area contributed by atoms with Crippen LogP contribution >= 0.6 is 0 Å². The molecule has 0 aliphatic heterocycles. The van der Waals surface area contributed by atoms with Crippen LogP contribution in [0, 0.1) is 17.0 Å². The minimum absolute atomic E-state index is 0.0399. The number of rotatable bonds is 4. The molecule has 124 valence electrons. The van der Waals surface area contributed by atoms with E-state index in [2.05, 4.69) is 5.32 Å². The molecule has 1 aliphatic carbocycles. The monoisotopic (exact) mass is 320 g/mol. The first kappa shape index (κ1) is 16.9. The second-order valence-electron chi connectivity index (χ2n) is 5.85. The first-order chi connectivity index (χ1) is 10.9. The number of benzene rings is 1. The Balaban J connectivity index is 2.24. The molecular weight excluding hydrogens is 300 g/mol. The zero-order valence-electron chi connectivity index (χ0n) is 13.3. The number of esters is 1. The second kappa shape index (κ2) is 6.76. The maximum Gasteiger partial charge on any atom is 0.331 e. The van der Waals surface area contributed by atoms with Gasteiger partial charge in [-0.2, -0.15) is 0 Å². The van der Waals surface area contributed by atoms with E-state index in [1.54, 1.807) is 6.92 Å². The van der Waals surface area contributed by atoms with E-state index in [-0.39, 0.29) is 5.69 Å². The summed E-state index contributed by atoms with van der Waals surface area (Å²) < 4.78 is 4.86. The van der Waals surface area contributed by atoms with Crippen molar-refractivity contribution >= 4 is 17.6 Å². The van der Waals surface area contributed by atoms with Crippen LogP contribution in [0.4, 0.5) is 5.69 Å². The number of nitrogens with zero attached hydrogens (tertiary/aromatic N) is 1. The Morgan fingerprint density at radius 1 is 1.26 bits per heavy atom. The van der Waals surface area contributed by atoms with Crippen LogP contribution in [-0.2, 0) is 9.53 Å². The van der Waals surface area contributed by atoms with Gasteiger partial charge in [0.2, 0.25) is 0 Å². The van der Waals surface area contributed by atoms with Gasteiger partial charge in [0.05, 0.1) is 12.0 Å². The van der Waals surface area contributed by atoms with Crippen LogP contribution in [0.15, 0.2) is 18.2 Å². The molecule has 7 heteroatoms. The van der Waals surface area contributed by atoms with Crippen molar-refractivity contribution in [3.8, 4) is 0 Å². The van der Waals surface area contributed by atoms with Crippen molar-refractivity contribution in [1.82, 2.24) is 5.32 Å². The lowest BCUT2D eigenvalue weighted by Gasteiger charge is -2.35. The Kier molecular flexibility index (Phi) is 4.98. The number of amides is 1. The number of nitrogens with one attached hydrogen (secondary N) is 1. The SMILES string of the molecule is COC(=O)C1(NC(=O)c2ccc([N+](=O)[O-])c(C)c2)CCCCC1. The van der Waals surface area contributed by atoms with Gasteiger partial charge in [-0.3, -0.25) is 14.9 Å². The summed E-state index contributed by atoms with van der Waals surface area (Å²) in [5.74, 6) is -0.862. The van der Waals surface area contributed by atoms with Crippen molar-refractivity contribution in [2.45, 2.75) is 44.6 Å². The van der Waals surface area contributed by atoms with Gasteiger partial charge < -0.3 is 10.1 Å². The third-order valence-electron chi connectivity index (χ3n) is 4.29. The normalized spacial score (nSPS) is 16.4. The molecule has 0 aromatic heterocycles. The van der Waals surface area contributed by atoms with E-state index in [1.165, 1.54) is 25.3 Å². The zero-order chi connectivity index (χ0) is 17.0. The van der Waals surface area contributed by atoms with E-state index >= 15 is 0 Å². The number of carbonyl (C=O) groups is 2. The Morgan fingerprint density at radius 2 is 1.91 bits per heavy atom. The lowest BCUT2D eigenvalue weighted by atomic mass is 9.81. The van der Waals surface area contributed by atoms with Gasteiger partial charge >= 0.3 is 5.97 Å². The highest BCUT2D eigenvalue weighted by atomic mass is 16.6. The molecule has 0 radical (unpaired) electrons. The van der Waals surface area contributed by atoms with Gasteiger partial charge in [0, 0.05) is 17.2 Å². The van der Waals surface area contributed by atoms with Gasteiger partial charge in [-0.1, -0.05) is 19.3 Å². The van der Waals surface area contributed by atoms with Crippen LogP contribution in [0.2, 0.25) is 0 Å². The van der Waals surface area contributed by atoms with Gasteiger partial charge in [0.15, 0.2) is 0 Å². The largest absolute Gasteiger partial charge is 0.467 e. The van der Waals surface area contributed by atoms with E-state index in [0.29, 0.717) is 24.0 Å². The number of aryl methyl sites for hydroxylation is 1. The predicted octanol–water partition coefficient (Wildman–Crippen LogP) is 2.51. The third kappa shape index (κ3) is 3.49. The van der Waals surface area contributed by atoms with Gasteiger partial charge in [0.25, 0.3) is 11.6 Å². The van der Waals surface area contributed by atoms with Crippen LogP contribution < -0.4 is 5.32 Å². The average molecular weight is 320 g/mol. The fraction of sp³-hybridized carbons (Fsp3) is 0.500. The minimum Gasteiger partial charge on any atom is -0.467 e. The van der Waals surface area contributed by atoms with Crippen LogP contribution in [-0.4, -0.2) is 29.4 Å². The maximum absolute atomic E-state index is 12.5. The van der Waals surface area contributed by atoms with E-state index in [9.17, 15) is 19.7 Å². The number of ether oxygens (including phenoxy) is 1. The lowest BCUT2D eigenvalue weighted by molar-refractivity contribution is -0.385. The summed E-state index contributed by atoms with van der Waals surface area (Å²) >= 11 is 0. The van der Waals surface area contributed by atoms with Crippen molar-refractivity contribution < 1.29 is 19.2 Å². The number of carbonyl (C=O) groups excluding carboxylic acids is 2. The summed E-state index contributed by atoms with van der Waals surface area (Å²) in [5.41, 5.74) is -0.345. The molecule has 0 unspecified atom stereocenters. The maximum atomic E-state index is 12.5. The number of hydrogen-bond acceptors (Lipinski definition) is 5. The van der Waals surface area contributed by atoms with E-state index in [0.717, 1.165) is 19.3 Å². The summed E-state index contributed by atoms with van der Waals surface area (Å²) in [7, 11) is 1.31. The molecular formula is C16H20N2O5. The van der Waals surface area contributed by atoms with E-state index < -0.39 is 22.3 Å². The Morgan fingerprint density at radius 3 is 2.43 bits per heavy atom. The zero-order valence-corrected chi connectivity index (χ0v) is 13.3. The fourth-order valence-electron chi connectivity index (χ4n) is 3.02. The quantitative estimate of drug-likeness (QED) is 0.522. The van der Waals surface area contributed by atoms with Crippen molar-refractivity contribution in [3.05, 3.63) is 39.4 Å². The topological polar surface area (TPSA) is 98.5 Å². The highest BCUT2D eigenvalue weighted by molar-refractivity contribution is 5.98. The summed E-state index contributed by atoms with van der Waals surface area (Å²) in [6, 6.07) is 4.16. The molecule has 1 aliphatic rings. The van der Waals surface area contributed by atoms with Crippen molar-refractivity contribution in [2.24, 2.45) is 0 Å². The highest BCUT2D eigenvalue weighted by Gasteiger charge is 2.42. The summed E-state index contributed by atoms with van der Waals surface area (Å²) in [6.07, 6.45) is 3.78. The average Bonchev–Trinajstić information content (AvgIpc) is 2.54. The molecule has 0 heterocycles. The van der Waals surface area contributed by atoms with Gasteiger partial charge in [-0.05, 0) is 31.9 Å². The Bertz CT molecular complexity index is 635.